The maximum absolute atomic E-state index is 13.2. The first-order valence-corrected chi connectivity index (χ1v) is 12.2. The van der Waals surface area contributed by atoms with E-state index in [-0.39, 0.29) is 4.90 Å². The lowest BCUT2D eigenvalue weighted by molar-refractivity contribution is 0.384. The van der Waals surface area contributed by atoms with Gasteiger partial charge >= 0.3 is 0 Å². The Morgan fingerprint density at radius 3 is 2.59 bits per heavy atom. The standard InChI is InChI=1S/C21H20N6O3S2/c1-30-16-5-2-4-15(12-16)18-13-20(23-14-22-18)26-8-10-27(11-9-26)32(28,29)19-7-3-6-17-21(19)25-31-24-17/h2-7,12-14H,8-11H2,1H3. The van der Waals surface area contributed by atoms with Gasteiger partial charge in [-0.2, -0.15) is 13.1 Å². The summed E-state index contributed by atoms with van der Waals surface area (Å²) >= 11 is 1.02. The number of nitrogens with zero attached hydrogens (tertiary/aromatic N) is 6. The van der Waals surface area contributed by atoms with Crippen LogP contribution in [0.25, 0.3) is 22.3 Å². The molecule has 9 nitrogen and oxygen atoms in total. The lowest BCUT2D eigenvalue weighted by atomic mass is 10.1. The van der Waals surface area contributed by atoms with E-state index in [0.717, 1.165) is 34.6 Å². The Bertz CT molecular complexity index is 1370. The van der Waals surface area contributed by atoms with E-state index in [0.29, 0.717) is 37.2 Å². The lowest BCUT2D eigenvalue weighted by Gasteiger charge is -2.34. The molecule has 32 heavy (non-hydrogen) atoms. The van der Waals surface area contributed by atoms with Crippen LogP contribution in [0.1, 0.15) is 0 Å². The molecule has 0 radical (unpaired) electrons. The highest BCUT2D eigenvalue weighted by molar-refractivity contribution is 7.89. The number of sulfonamides is 1. The third-order valence-electron chi connectivity index (χ3n) is 5.45. The molecule has 0 N–H and O–H groups in total. The zero-order chi connectivity index (χ0) is 22.1. The molecule has 0 spiro atoms. The zero-order valence-corrected chi connectivity index (χ0v) is 18.9. The number of ether oxygens (including phenoxy) is 1. The molecule has 5 rings (SSSR count). The summed E-state index contributed by atoms with van der Waals surface area (Å²) in [5.41, 5.74) is 2.74. The molecule has 1 fully saturated rings. The van der Waals surface area contributed by atoms with Gasteiger partial charge in [-0.3, -0.25) is 0 Å². The van der Waals surface area contributed by atoms with Crippen molar-refractivity contribution >= 4 is 38.6 Å². The van der Waals surface area contributed by atoms with Crippen LogP contribution < -0.4 is 9.64 Å². The summed E-state index contributed by atoms with van der Waals surface area (Å²) in [6.45, 7) is 1.77. The van der Waals surface area contributed by atoms with Crippen molar-refractivity contribution in [3.63, 3.8) is 0 Å². The van der Waals surface area contributed by atoms with Crippen LogP contribution in [0.5, 0.6) is 5.75 Å². The molecule has 0 amide bonds. The fourth-order valence-electron chi connectivity index (χ4n) is 3.75. The number of aromatic nitrogens is 4. The topological polar surface area (TPSA) is 101 Å². The van der Waals surface area contributed by atoms with Crippen LogP contribution in [-0.2, 0) is 10.0 Å². The van der Waals surface area contributed by atoms with Gasteiger partial charge in [0.15, 0.2) is 0 Å². The first-order valence-electron chi connectivity index (χ1n) is 9.99. The van der Waals surface area contributed by atoms with E-state index >= 15 is 0 Å². The SMILES string of the molecule is COc1cccc(-c2cc(N3CCN(S(=O)(=O)c4cccc5nsnc45)CC3)ncn2)c1. The van der Waals surface area contributed by atoms with Gasteiger partial charge in [-0.05, 0) is 24.3 Å². The zero-order valence-electron chi connectivity index (χ0n) is 17.2. The summed E-state index contributed by atoms with van der Waals surface area (Å²) in [7, 11) is -2.03. The van der Waals surface area contributed by atoms with E-state index in [1.165, 1.54) is 10.6 Å². The first kappa shape index (κ1) is 20.7. The first-order chi connectivity index (χ1) is 15.6. The Labute approximate surface area is 189 Å². The van der Waals surface area contributed by atoms with E-state index in [1.807, 2.05) is 30.3 Å². The number of hydrogen-bond donors (Lipinski definition) is 0. The van der Waals surface area contributed by atoms with Crippen LogP contribution in [0.4, 0.5) is 5.82 Å². The van der Waals surface area contributed by atoms with Crippen molar-refractivity contribution in [3.05, 3.63) is 54.9 Å². The minimum Gasteiger partial charge on any atom is -0.497 e. The van der Waals surface area contributed by atoms with Crippen molar-refractivity contribution in [1.29, 1.82) is 0 Å². The largest absolute Gasteiger partial charge is 0.497 e. The van der Waals surface area contributed by atoms with Crippen molar-refractivity contribution in [1.82, 2.24) is 23.0 Å². The highest BCUT2D eigenvalue weighted by Gasteiger charge is 2.31. The van der Waals surface area contributed by atoms with Crippen molar-refractivity contribution < 1.29 is 13.2 Å². The molecule has 1 aliphatic heterocycles. The Morgan fingerprint density at radius 1 is 0.969 bits per heavy atom. The Morgan fingerprint density at radius 2 is 1.78 bits per heavy atom. The van der Waals surface area contributed by atoms with E-state index < -0.39 is 10.0 Å². The Hall–Kier alpha value is -3.15. The van der Waals surface area contributed by atoms with Crippen LogP contribution in [0, 0.1) is 0 Å². The summed E-state index contributed by atoms with van der Waals surface area (Å²) in [6.07, 6.45) is 1.53. The van der Waals surface area contributed by atoms with Gasteiger partial charge in [-0.15, -0.1) is 0 Å². The quantitative estimate of drug-likeness (QED) is 0.441. The minimum atomic E-state index is -3.66. The van der Waals surface area contributed by atoms with Crippen molar-refractivity contribution in [2.45, 2.75) is 4.90 Å². The predicted molar refractivity (Wildman–Crippen MR) is 122 cm³/mol. The van der Waals surface area contributed by atoms with E-state index in [9.17, 15) is 8.42 Å². The fourth-order valence-corrected chi connectivity index (χ4v) is 5.92. The van der Waals surface area contributed by atoms with Crippen LogP contribution in [-0.4, -0.2) is 64.7 Å². The summed E-state index contributed by atoms with van der Waals surface area (Å²) in [6, 6.07) is 14.7. The van der Waals surface area contributed by atoms with Crippen molar-refractivity contribution in [2.24, 2.45) is 0 Å². The molecule has 0 atom stereocenters. The van der Waals surface area contributed by atoms with Gasteiger partial charge in [0, 0.05) is 37.8 Å². The lowest BCUT2D eigenvalue weighted by Crippen LogP contribution is -2.49. The maximum atomic E-state index is 13.2. The molecular formula is C21H20N6O3S2. The molecule has 164 valence electrons. The molecule has 0 unspecified atom stereocenters. The second-order valence-electron chi connectivity index (χ2n) is 7.27. The molecule has 4 aromatic rings. The van der Waals surface area contributed by atoms with Gasteiger partial charge in [0.05, 0.1) is 24.5 Å². The van der Waals surface area contributed by atoms with Gasteiger partial charge < -0.3 is 9.64 Å². The molecule has 1 aliphatic rings. The van der Waals surface area contributed by atoms with E-state index in [4.69, 9.17) is 4.74 Å². The summed E-state index contributed by atoms with van der Waals surface area (Å²) in [4.78, 5) is 11.1. The van der Waals surface area contributed by atoms with Crippen LogP contribution in [0.2, 0.25) is 0 Å². The number of rotatable bonds is 5. The summed E-state index contributed by atoms with van der Waals surface area (Å²) < 4.78 is 41.6. The number of hydrogen-bond acceptors (Lipinski definition) is 9. The Balaban J connectivity index is 1.34. The third kappa shape index (κ3) is 3.78. The molecule has 0 aliphatic carbocycles. The van der Waals surface area contributed by atoms with Gasteiger partial charge in [-0.1, -0.05) is 18.2 Å². The predicted octanol–water partition coefficient (Wildman–Crippen LogP) is 2.67. The smallest absolute Gasteiger partial charge is 0.245 e. The number of methoxy groups -OCH3 is 1. The highest BCUT2D eigenvalue weighted by atomic mass is 32.2. The number of anilines is 1. The number of benzene rings is 2. The highest BCUT2D eigenvalue weighted by Crippen LogP contribution is 2.27. The van der Waals surface area contributed by atoms with Crippen molar-refractivity contribution in [3.8, 4) is 17.0 Å². The molecular weight excluding hydrogens is 448 g/mol. The molecule has 2 aromatic carbocycles. The molecule has 2 aromatic heterocycles. The molecule has 0 saturated carbocycles. The molecule has 0 bridgehead atoms. The maximum Gasteiger partial charge on any atom is 0.245 e. The van der Waals surface area contributed by atoms with Crippen LogP contribution in [0.3, 0.4) is 0 Å². The second kappa shape index (κ2) is 8.41. The van der Waals surface area contributed by atoms with Gasteiger partial charge in [0.25, 0.3) is 0 Å². The normalized spacial score (nSPS) is 15.2. The van der Waals surface area contributed by atoms with Gasteiger partial charge in [0.1, 0.15) is 33.8 Å². The number of piperazine rings is 1. The average molecular weight is 469 g/mol. The van der Waals surface area contributed by atoms with Crippen LogP contribution >= 0.6 is 11.7 Å². The monoisotopic (exact) mass is 468 g/mol. The van der Waals surface area contributed by atoms with Crippen LogP contribution in [0.15, 0.2) is 59.8 Å². The summed E-state index contributed by atoms with van der Waals surface area (Å²) in [5, 5.41) is 0. The second-order valence-corrected chi connectivity index (χ2v) is 9.71. The third-order valence-corrected chi connectivity index (χ3v) is 7.92. The molecule has 11 heteroatoms. The fraction of sp³-hybridized carbons (Fsp3) is 0.238. The van der Waals surface area contributed by atoms with Crippen molar-refractivity contribution in [2.75, 3.05) is 38.2 Å². The average Bonchev–Trinajstić information content (AvgIpc) is 3.33. The molecule has 3 heterocycles. The van der Waals surface area contributed by atoms with Gasteiger partial charge in [-0.25, -0.2) is 18.4 Å². The minimum absolute atomic E-state index is 0.208. The number of fused-ring (bicyclic) bond motifs is 1. The van der Waals surface area contributed by atoms with Gasteiger partial charge in [0.2, 0.25) is 10.0 Å². The van der Waals surface area contributed by atoms with E-state index in [2.05, 4.69) is 23.6 Å². The Kier molecular flexibility index (Phi) is 5.45. The molecule has 1 saturated heterocycles. The summed E-state index contributed by atoms with van der Waals surface area (Å²) in [5.74, 6) is 1.52. The van der Waals surface area contributed by atoms with E-state index in [1.54, 1.807) is 25.3 Å².